The van der Waals surface area contributed by atoms with Gasteiger partial charge < -0.3 is 47.2 Å². The minimum absolute atomic E-state index is 0.280. The molecule has 7 amide bonds. The van der Waals surface area contributed by atoms with Crippen molar-refractivity contribution in [1.82, 2.24) is 36.4 Å². The monoisotopic (exact) mass is 823 g/mol. The number of aliphatic hydroxyl groups is 1. The number of nitrogens with zero attached hydrogens (tertiary/aromatic N) is 2. The number of rotatable bonds is 22. The Kier molecular flexibility index (Phi) is 21.1. The van der Waals surface area contributed by atoms with Crippen LogP contribution < -0.4 is 32.3 Å². The fraction of sp³-hybridized carbons (Fsp3) is 0.825. The van der Waals surface area contributed by atoms with Crippen LogP contribution in [-0.4, -0.2) is 137 Å². The van der Waals surface area contributed by atoms with Crippen molar-refractivity contribution in [2.45, 2.75) is 166 Å². The van der Waals surface area contributed by atoms with Crippen molar-refractivity contribution in [3.05, 3.63) is 0 Å². The van der Waals surface area contributed by atoms with E-state index >= 15 is 0 Å². The van der Waals surface area contributed by atoms with Crippen molar-refractivity contribution >= 4 is 53.1 Å². The Morgan fingerprint density at radius 1 is 0.737 bits per heavy atom. The van der Waals surface area contributed by atoms with E-state index in [2.05, 4.69) is 26.6 Å². The summed E-state index contributed by atoms with van der Waals surface area (Å²) in [6, 6.07) is -5.67. The van der Waals surface area contributed by atoms with Crippen LogP contribution in [0.3, 0.4) is 0 Å². The SMILES string of the molecule is CCCNC(=O)[C@@H](NC(=O)[C@@H]1CCCN1C(=O)[C@H](CCSC)NC(=O)[C@@H]1CCCCN1C(=O)[C@H](CCCCN)NC(=O)[C@H](CC1CCCCC1)NC(C)=O)[C@@H](C)O. The highest BCUT2D eigenvalue weighted by Crippen LogP contribution is 2.28. The molecule has 17 heteroatoms. The molecule has 3 rings (SSSR count). The Hall–Kier alpha value is -3.44. The first kappa shape index (κ1) is 47.9. The van der Waals surface area contributed by atoms with Crippen LogP contribution in [-0.2, 0) is 33.6 Å². The highest BCUT2D eigenvalue weighted by atomic mass is 32.2. The number of likely N-dealkylation sites (tertiary alicyclic amines) is 2. The molecule has 2 aliphatic heterocycles. The van der Waals surface area contributed by atoms with E-state index in [1.54, 1.807) is 0 Å². The maximum absolute atomic E-state index is 14.4. The highest BCUT2D eigenvalue weighted by Gasteiger charge is 2.42. The Morgan fingerprint density at radius 3 is 1.93 bits per heavy atom. The molecule has 16 nitrogen and oxygen atoms in total. The normalized spacial score (nSPS) is 21.4. The van der Waals surface area contributed by atoms with E-state index in [9.17, 15) is 38.7 Å². The van der Waals surface area contributed by atoms with Gasteiger partial charge in [-0.15, -0.1) is 0 Å². The first-order valence-corrected chi connectivity index (χ1v) is 22.7. The summed E-state index contributed by atoms with van der Waals surface area (Å²) >= 11 is 1.51. The minimum atomic E-state index is -1.19. The number of amides is 7. The molecule has 0 radical (unpaired) electrons. The fourth-order valence-corrected chi connectivity index (χ4v) is 8.67. The molecular formula is C40H70N8O8S. The molecule has 3 aliphatic rings. The van der Waals surface area contributed by atoms with Gasteiger partial charge in [0.1, 0.15) is 36.3 Å². The van der Waals surface area contributed by atoms with Crippen LogP contribution in [0.25, 0.3) is 0 Å². The lowest BCUT2D eigenvalue weighted by Gasteiger charge is -2.38. The number of aliphatic hydroxyl groups excluding tert-OH is 1. The second-order valence-corrected chi connectivity index (χ2v) is 16.9. The van der Waals surface area contributed by atoms with Crippen LogP contribution in [0.2, 0.25) is 0 Å². The third-order valence-corrected chi connectivity index (χ3v) is 12.0. The summed E-state index contributed by atoms with van der Waals surface area (Å²) in [4.78, 5) is 97.8. The summed E-state index contributed by atoms with van der Waals surface area (Å²) in [5.74, 6) is -2.27. The van der Waals surface area contributed by atoms with Gasteiger partial charge in [0.15, 0.2) is 0 Å². The number of thioether (sulfide) groups is 1. The molecule has 0 spiro atoms. The zero-order chi connectivity index (χ0) is 41.9. The average Bonchev–Trinajstić information content (AvgIpc) is 3.70. The molecule has 57 heavy (non-hydrogen) atoms. The standard InChI is InChI=1S/C40H70N8O8S/c1-5-21-42-38(54)34(26(2)49)46-37(53)33-18-13-23-48(33)40(56)30(19-24-57-4)45-36(52)32-17-10-12-22-47(32)39(55)29(16-9-11-20-41)44-35(51)31(43-27(3)50)25-28-14-7-6-8-15-28/h26,28-34,49H,5-25,41H2,1-4H3,(H,42,54)(H,43,50)(H,44,51)(H,45,52)(H,46,53)/t26-,29+,30+,31+,32+,33+,34+/m1/s1. The number of hydrogen-bond donors (Lipinski definition) is 7. The van der Waals surface area contributed by atoms with Crippen molar-refractivity contribution in [2.75, 3.05) is 38.2 Å². The van der Waals surface area contributed by atoms with Crippen molar-refractivity contribution in [1.29, 1.82) is 0 Å². The van der Waals surface area contributed by atoms with Crippen molar-refractivity contribution < 1.29 is 38.7 Å². The molecule has 2 saturated heterocycles. The van der Waals surface area contributed by atoms with Gasteiger partial charge in [0, 0.05) is 26.6 Å². The summed E-state index contributed by atoms with van der Waals surface area (Å²) < 4.78 is 0. The lowest BCUT2D eigenvalue weighted by atomic mass is 9.84. The van der Waals surface area contributed by atoms with Gasteiger partial charge in [0.25, 0.3) is 0 Å². The summed E-state index contributed by atoms with van der Waals surface area (Å²) in [5, 5.41) is 24.3. The Labute approximate surface area is 343 Å². The van der Waals surface area contributed by atoms with Crippen LogP contribution in [0.1, 0.15) is 124 Å². The lowest BCUT2D eigenvalue weighted by Crippen LogP contribution is -2.61. The molecule has 0 unspecified atom stereocenters. The quantitative estimate of drug-likeness (QED) is 0.0769. The number of nitrogens with two attached hydrogens (primary N) is 1. The number of carbonyl (C=O) groups excluding carboxylic acids is 7. The topological polar surface area (TPSA) is 232 Å². The summed E-state index contributed by atoms with van der Waals surface area (Å²) in [5.41, 5.74) is 5.78. The molecule has 0 aromatic carbocycles. The summed E-state index contributed by atoms with van der Waals surface area (Å²) in [6.07, 6.45) is 11.6. The minimum Gasteiger partial charge on any atom is -0.391 e. The van der Waals surface area contributed by atoms with Gasteiger partial charge in [-0.25, -0.2) is 0 Å². The summed E-state index contributed by atoms with van der Waals surface area (Å²) in [7, 11) is 0. The zero-order valence-corrected chi connectivity index (χ0v) is 35.5. The maximum Gasteiger partial charge on any atom is 0.245 e. The number of nitrogens with one attached hydrogen (secondary N) is 5. The average molecular weight is 823 g/mol. The van der Waals surface area contributed by atoms with Gasteiger partial charge in [0.2, 0.25) is 41.4 Å². The number of piperidine rings is 1. The third kappa shape index (κ3) is 15.0. The Balaban J connectivity index is 1.78. The fourth-order valence-electron chi connectivity index (χ4n) is 8.20. The van der Waals surface area contributed by atoms with E-state index in [1.807, 2.05) is 13.2 Å². The molecule has 1 saturated carbocycles. The predicted molar refractivity (Wildman–Crippen MR) is 220 cm³/mol. The van der Waals surface area contributed by atoms with Gasteiger partial charge in [-0.1, -0.05) is 39.0 Å². The van der Waals surface area contributed by atoms with Crippen LogP contribution in [0, 0.1) is 5.92 Å². The zero-order valence-electron chi connectivity index (χ0n) is 34.7. The van der Waals surface area contributed by atoms with E-state index in [0.717, 1.165) is 32.1 Å². The van der Waals surface area contributed by atoms with E-state index in [1.165, 1.54) is 35.4 Å². The van der Waals surface area contributed by atoms with Gasteiger partial charge in [-0.3, -0.25) is 33.6 Å². The molecule has 8 N–H and O–H groups in total. The highest BCUT2D eigenvalue weighted by molar-refractivity contribution is 7.98. The van der Waals surface area contributed by atoms with Crippen LogP contribution in [0.5, 0.6) is 0 Å². The number of hydrogen-bond acceptors (Lipinski definition) is 10. The van der Waals surface area contributed by atoms with Gasteiger partial charge in [-0.2, -0.15) is 11.8 Å². The largest absolute Gasteiger partial charge is 0.391 e. The lowest BCUT2D eigenvalue weighted by molar-refractivity contribution is -0.147. The van der Waals surface area contributed by atoms with E-state index in [4.69, 9.17) is 5.73 Å². The molecule has 0 aromatic rings. The van der Waals surface area contributed by atoms with Crippen molar-refractivity contribution in [3.63, 3.8) is 0 Å². The smallest absolute Gasteiger partial charge is 0.245 e. The van der Waals surface area contributed by atoms with E-state index < -0.39 is 77.8 Å². The van der Waals surface area contributed by atoms with Gasteiger partial charge in [-0.05, 0) is 102 Å². The second-order valence-electron chi connectivity index (χ2n) is 15.9. The Morgan fingerprint density at radius 2 is 1.33 bits per heavy atom. The number of carbonyl (C=O) groups is 7. The Bertz CT molecular complexity index is 1350. The van der Waals surface area contributed by atoms with Crippen LogP contribution >= 0.6 is 11.8 Å². The van der Waals surface area contributed by atoms with Crippen LogP contribution in [0.4, 0.5) is 0 Å². The molecular weight excluding hydrogens is 753 g/mol. The van der Waals surface area contributed by atoms with Gasteiger partial charge in [0.05, 0.1) is 6.10 Å². The van der Waals surface area contributed by atoms with Gasteiger partial charge >= 0.3 is 0 Å². The molecule has 1 aliphatic carbocycles. The molecule has 0 bridgehead atoms. The van der Waals surface area contributed by atoms with Crippen molar-refractivity contribution in [2.24, 2.45) is 11.7 Å². The predicted octanol–water partition coefficient (Wildman–Crippen LogP) is 1.08. The van der Waals surface area contributed by atoms with Crippen LogP contribution in [0.15, 0.2) is 0 Å². The van der Waals surface area contributed by atoms with E-state index in [-0.39, 0.29) is 18.9 Å². The first-order chi connectivity index (χ1) is 27.3. The summed E-state index contributed by atoms with van der Waals surface area (Å²) in [6.45, 7) is 6.06. The maximum atomic E-state index is 14.4. The van der Waals surface area contributed by atoms with E-state index in [0.29, 0.717) is 95.5 Å². The van der Waals surface area contributed by atoms with Crippen molar-refractivity contribution in [3.8, 4) is 0 Å². The molecule has 0 aromatic heterocycles. The number of unbranched alkanes of at least 4 members (excludes halogenated alkanes) is 1. The molecule has 7 atom stereocenters. The molecule has 324 valence electrons. The molecule has 2 heterocycles. The third-order valence-electron chi connectivity index (χ3n) is 11.3. The second kappa shape index (κ2) is 25.1. The molecule has 3 fully saturated rings. The first-order valence-electron chi connectivity index (χ1n) is 21.3.